The van der Waals surface area contributed by atoms with E-state index in [1.807, 2.05) is 0 Å². The molecule has 0 unspecified atom stereocenters. The number of nitrogens with one attached hydrogen (secondary N) is 1. The van der Waals surface area contributed by atoms with Crippen molar-refractivity contribution in [1.29, 1.82) is 0 Å². The van der Waals surface area contributed by atoms with Gasteiger partial charge in [0.15, 0.2) is 11.5 Å². The van der Waals surface area contributed by atoms with Gasteiger partial charge in [0.2, 0.25) is 0 Å². The van der Waals surface area contributed by atoms with Crippen molar-refractivity contribution in [3.8, 4) is 17.2 Å². The first-order chi connectivity index (χ1) is 10.6. The largest absolute Gasteiger partial charge is 0.507 e. The smallest absolute Gasteiger partial charge is 0.255 e. The van der Waals surface area contributed by atoms with Crippen molar-refractivity contribution in [3.63, 3.8) is 0 Å². The van der Waals surface area contributed by atoms with Crippen molar-refractivity contribution in [2.75, 3.05) is 14.2 Å². The van der Waals surface area contributed by atoms with Gasteiger partial charge >= 0.3 is 0 Å². The number of methoxy groups -OCH3 is 2. The van der Waals surface area contributed by atoms with Crippen LogP contribution in [0.3, 0.4) is 0 Å². The number of phenolic OH excluding ortho intramolecular Hbond substituents is 1. The summed E-state index contributed by atoms with van der Waals surface area (Å²) in [6.07, 6.45) is 0. The molecule has 6 heteroatoms. The van der Waals surface area contributed by atoms with Crippen molar-refractivity contribution in [2.45, 2.75) is 6.54 Å². The molecule has 5 nitrogen and oxygen atoms in total. The third kappa shape index (κ3) is 3.51. The van der Waals surface area contributed by atoms with E-state index in [0.29, 0.717) is 11.5 Å². The van der Waals surface area contributed by atoms with E-state index in [4.69, 9.17) is 9.47 Å². The topological polar surface area (TPSA) is 67.8 Å². The SMILES string of the molecule is COc1cc(Br)c(CNC(=O)c2ccccc2O)cc1OC. The van der Waals surface area contributed by atoms with Crippen molar-refractivity contribution in [3.05, 3.63) is 52.0 Å². The molecule has 0 aliphatic carbocycles. The summed E-state index contributed by atoms with van der Waals surface area (Å²) in [5.41, 5.74) is 1.07. The summed E-state index contributed by atoms with van der Waals surface area (Å²) in [5, 5.41) is 12.4. The zero-order valence-corrected chi connectivity index (χ0v) is 13.8. The van der Waals surface area contributed by atoms with Crippen LogP contribution in [0.25, 0.3) is 0 Å². The molecule has 0 saturated heterocycles. The van der Waals surface area contributed by atoms with E-state index in [-0.39, 0.29) is 23.8 Å². The predicted octanol–water partition coefficient (Wildman–Crippen LogP) is 3.10. The highest BCUT2D eigenvalue weighted by atomic mass is 79.9. The average Bonchev–Trinajstić information content (AvgIpc) is 2.53. The Kier molecular flexibility index (Phi) is 5.27. The van der Waals surface area contributed by atoms with Crippen molar-refractivity contribution >= 4 is 21.8 Å². The molecule has 0 spiro atoms. The highest BCUT2D eigenvalue weighted by Crippen LogP contribution is 2.33. The van der Waals surface area contributed by atoms with Crippen LogP contribution in [0.4, 0.5) is 0 Å². The van der Waals surface area contributed by atoms with E-state index >= 15 is 0 Å². The van der Waals surface area contributed by atoms with E-state index in [2.05, 4.69) is 21.2 Å². The quantitative estimate of drug-likeness (QED) is 0.854. The molecule has 2 aromatic rings. The summed E-state index contributed by atoms with van der Waals surface area (Å²) in [6.45, 7) is 0.286. The van der Waals surface area contributed by atoms with Crippen LogP contribution in [0, 0.1) is 0 Å². The molecule has 0 aromatic heterocycles. The molecule has 0 aliphatic rings. The first-order valence-corrected chi connectivity index (χ1v) is 7.32. The van der Waals surface area contributed by atoms with E-state index in [1.54, 1.807) is 44.6 Å². The lowest BCUT2D eigenvalue weighted by Crippen LogP contribution is -2.23. The minimum absolute atomic E-state index is 0.0497. The van der Waals surface area contributed by atoms with Gasteiger partial charge in [-0.3, -0.25) is 4.79 Å². The zero-order valence-electron chi connectivity index (χ0n) is 12.2. The van der Waals surface area contributed by atoms with Crippen LogP contribution in [-0.4, -0.2) is 25.2 Å². The second kappa shape index (κ2) is 7.17. The van der Waals surface area contributed by atoms with Gasteiger partial charge < -0.3 is 19.9 Å². The first-order valence-electron chi connectivity index (χ1n) is 6.53. The summed E-state index contributed by atoms with van der Waals surface area (Å²) in [6, 6.07) is 9.96. The van der Waals surface area contributed by atoms with Gasteiger partial charge in [-0.15, -0.1) is 0 Å². The summed E-state index contributed by atoms with van der Waals surface area (Å²) >= 11 is 3.44. The number of carbonyl (C=O) groups is 1. The number of halogens is 1. The van der Waals surface area contributed by atoms with Crippen LogP contribution in [0.1, 0.15) is 15.9 Å². The molecule has 2 aromatic carbocycles. The van der Waals surface area contributed by atoms with Crippen LogP contribution in [0.15, 0.2) is 40.9 Å². The van der Waals surface area contributed by atoms with Crippen LogP contribution in [-0.2, 0) is 6.54 Å². The number of phenols is 1. The van der Waals surface area contributed by atoms with Gasteiger partial charge in [-0.2, -0.15) is 0 Å². The maximum atomic E-state index is 12.1. The molecule has 0 radical (unpaired) electrons. The summed E-state index contributed by atoms with van der Waals surface area (Å²) < 4.78 is 11.2. The molecule has 22 heavy (non-hydrogen) atoms. The standard InChI is InChI=1S/C16H16BrNO4/c1-21-14-7-10(12(17)8-15(14)22-2)9-18-16(20)11-5-3-4-6-13(11)19/h3-8,19H,9H2,1-2H3,(H,18,20). The molecule has 0 saturated carbocycles. The molecular formula is C16H16BrNO4. The van der Waals surface area contributed by atoms with Crippen molar-refractivity contribution in [2.24, 2.45) is 0 Å². The van der Waals surface area contributed by atoms with Gasteiger partial charge in [0.1, 0.15) is 5.75 Å². The van der Waals surface area contributed by atoms with Crippen LogP contribution >= 0.6 is 15.9 Å². The average molecular weight is 366 g/mol. The van der Waals surface area contributed by atoms with Gasteiger partial charge in [-0.05, 0) is 29.8 Å². The number of amides is 1. The Morgan fingerprint density at radius 3 is 2.45 bits per heavy atom. The summed E-state index contributed by atoms with van der Waals surface area (Å²) in [5.74, 6) is 0.786. The second-order valence-electron chi connectivity index (χ2n) is 4.50. The van der Waals surface area contributed by atoms with Crippen LogP contribution < -0.4 is 14.8 Å². The Hall–Kier alpha value is -2.21. The fourth-order valence-corrected chi connectivity index (χ4v) is 2.43. The molecule has 0 bridgehead atoms. The van der Waals surface area contributed by atoms with Crippen molar-refractivity contribution in [1.82, 2.24) is 5.32 Å². The van der Waals surface area contributed by atoms with E-state index < -0.39 is 0 Å². The number of benzene rings is 2. The van der Waals surface area contributed by atoms with Crippen molar-refractivity contribution < 1.29 is 19.4 Å². The molecule has 2 N–H and O–H groups in total. The Balaban J connectivity index is 2.15. The molecule has 0 fully saturated rings. The number of aromatic hydroxyl groups is 1. The summed E-state index contributed by atoms with van der Waals surface area (Å²) in [4.78, 5) is 12.1. The molecule has 116 valence electrons. The van der Waals surface area contributed by atoms with Gasteiger partial charge in [0, 0.05) is 11.0 Å². The number of hydrogen-bond donors (Lipinski definition) is 2. The second-order valence-corrected chi connectivity index (χ2v) is 5.35. The Bertz CT molecular complexity index is 688. The van der Waals surface area contributed by atoms with Gasteiger partial charge in [0.25, 0.3) is 5.91 Å². The lowest BCUT2D eigenvalue weighted by atomic mass is 10.1. The molecule has 1 amide bonds. The fourth-order valence-electron chi connectivity index (χ4n) is 1.97. The minimum Gasteiger partial charge on any atom is -0.507 e. The van der Waals surface area contributed by atoms with Gasteiger partial charge in [-0.25, -0.2) is 0 Å². The molecular weight excluding hydrogens is 350 g/mol. The third-order valence-corrected chi connectivity index (χ3v) is 3.88. The van der Waals surface area contributed by atoms with Gasteiger partial charge in [-0.1, -0.05) is 28.1 Å². The molecule has 0 atom stereocenters. The lowest BCUT2D eigenvalue weighted by molar-refractivity contribution is 0.0948. The number of ether oxygens (including phenoxy) is 2. The maximum Gasteiger partial charge on any atom is 0.255 e. The van der Waals surface area contributed by atoms with Crippen LogP contribution in [0.2, 0.25) is 0 Å². The normalized spacial score (nSPS) is 10.1. The first kappa shape index (κ1) is 16.2. The fraction of sp³-hybridized carbons (Fsp3) is 0.188. The number of para-hydroxylation sites is 1. The minimum atomic E-state index is -0.347. The molecule has 0 heterocycles. The van der Waals surface area contributed by atoms with Crippen LogP contribution in [0.5, 0.6) is 17.2 Å². The highest BCUT2D eigenvalue weighted by molar-refractivity contribution is 9.10. The highest BCUT2D eigenvalue weighted by Gasteiger charge is 2.13. The maximum absolute atomic E-state index is 12.1. The zero-order chi connectivity index (χ0) is 16.1. The Morgan fingerprint density at radius 1 is 1.18 bits per heavy atom. The summed E-state index contributed by atoms with van der Waals surface area (Å²) in [7, 11) is 3.11. The molecule has 2 rings (SSSR count). The predicted molar refractivity (Wildman–Crippen MR) is 86.5 cm³/mol. The van der Waals surface area contributed by atoms with E-state index in [9.17, 15) is 9.90 Å². The third-order valence-electron chi connectivity index (χ3n) is 3.14. The monoisotopic (exact) mass is 365 g/mol. The van der Waals surface area contributed by atoms with E-state index in [1.165, 1.54) is 6.07 Å². The Labute approximate surface area is 137 Å². The number of carbonyl (C=O) groups excluding carboxylic acids is 1. The number of rotatable bonds is 5. The van der Waals surface area contributed by atoms with E-state index in [0.717, 1.165) is 10.0 Å². The lowest BCUT2D eigenvalue weighted by Gasteiger charge is -2.13. The van der Waals surface area contributed by atoms with Gasteiger partial charge in [0.05, 0.1) is 19.8 Å². The number of hydrogen-bond acceptors (Lipinski definition) is 4. The Morgan fingerprint density at radius 2 is 1.82 bits per heavy atom. The molecule has 0 aliphatic heterocycles.